The highest BCUT2D eigenvalue weighted by Gasteiger charge is 2.18. The molecule has 2 rings (SSSR count). The van der Waals surface area contributed by atoms with E-state index < -0.39 is 0 Å². The molecule has 0 aromatic heterocycles. The fourth-order valence-corrected chi connectivity index (χ4v) is 2.09. The lowest BCUT2D eigenvalue weighted by Gasteiger charge is -2.14. The van der Waals surface area contributed by atoms with Crippen LogP contribution in [0.4, 0.5) is 0 Å². The summed E-state index contributed by atoms with van der Waals surface area (Å²) in [5.41, 5.74) is 1.94. The quantitative estimate of drug-likeness (QED) is 0.737. The first-order valence-electron chi connectivity index (χ1n) is 6.47. The van der Waals surface area contributed by atoms with Crippen LogP contribution >= 0.6 is 0 Å². The molecule has 2 heteroatoms. The van der Waals surface area contributed by atoms with Crippen LogP contribution in [0.2, 0.25) is 0 Å². The number of rotatable bonds is 6. The number of aryl methyl sites for hydroxylation is 1. The molecule has 0 fully saturated rings. The number of hydrogen-bond acceptors (Lipinski definition) is 2. The monoisotopic (exact) mass is 254 g/mol. The third kappa shape index (κ3) is 3.76. The fraction of sp³-hybridized carbons (Fsp3) is 0.235. The second-order valence-electron chi connectivity index (χ2n) is 4.48. The lowest BCUT2D eigenvalue weighted by molar-refractivity contribution is 0.0582. The van der Waals surface area contributed by atoms with E-state index in [-0.39, 0.29) is 11.9 Å². The van der Waals surface area contributed by atoms with Gasteiger partial charge in [0.25, 0.3) is 0 Å². The second kappa shape index (κ2) is 6.86. The van der Waals surface area contributed by atoms with E-state index in [4.69, 9.17) is 4.74 Å². The molecule has 0 aliphatic carbocycles. The van der Waals surface area contributed by atoms with Gasteiger partial charge in [-0.3, -0.25) is 4.79 Å². The SMILES string of the molecule is COC(CCc1ccccc1)C(=O)c1ccccc1. The van der Waals surface area contributed by atoms with E-state index in [1.807, 2.05) is 48.5 Å². The van der Waals surface area contributed by atoms with E-state index in [1.165, 1.54) is 5.56 Å². The van der Waals surface area contributed by atoms with Crippen molar-refractivity contribution < 1.29 is 9.53 Å². The molecule has 0 heterocycles. The van der Waals surface area contributed by atoms with Crippen LogP contribution in [-0.2, 0) is 11.2 Å². The van der Waals surface area contributed by atoms with Crippen molar-refractivity contribution in [3.63, 3.8) is 0 Å². The van der Waals surface area contributed by atoms with E-state index in [9.17, 15) is 4.79 Å². The molecule has 98 valence electrons. The minimum atomic E-state index is -0.373. The summed E-state index contributed by atoms with van der Waals surface area (Å²) in [6.45, 7) is 0. The van der Waals surface area contributed by atoms with Crippen LogP contribution in [0, 0.1) is 0 Å². The first-order chi connectivity index (χ1) is 9.31. The molecular weight excluding hydrogens is 236 g/mol. The Hall–Kier alpha value is -1.93. The van der Waals surface area contributed by atoms with Gasteiger partial charge in [0.05, 0.1) is 0 Å². The number of methoxy groups -OCH3 is 1. The van der Waals surface area contributed by atoms with Crippen molar-refractivity contribution in [2.24, 2.45) is 0 Å². The molecule has 1 unspecified atom stereocenters. The highest BCUT2D eigenvalue weighted by molar-refractivity contribution is 5.99. The van der Waals surface area contributed by atoms with Gasteiger partial charge in [-0.15, -0.1) is 0 Å². The number of Topliss-reactive ketones (excluding diaryl/α,β-unsaturated/α-hetero) is 1. The molecule has 0 aliphatic rings. The Labute approximate surface area is 114 Å². The van der Waals surface area contributed by atoms with E-state index in [0.717, 1.165) is 6.42 Å². The minimum Gasteiger partial charge on any atom is -0.373 e. The lowest BCUT2D eigenvalue weighted by atomic mass is 10.00. The maximum absolute atomic E-state index is 12.3. The summed E-state index contributed by atoms with van der Waals surface area (Å²) >= 11 is 0. The third-order valence-electron chi connectivity index (χ3n) is 3.17. The molecule has 2 aromatic rings. The van der Waals surface area contributed by atoms with Crippen molar-refractivity contribution in [3.05, 3.63) is 71.8 Å². The molecule has 0 saturated carbocycles. The summed E-state index contributed by atoms with van der Waals surface area (Å²) < 4.78 is 5.34. The first-order valence-corrected chi connectivity index (χ1v) is 6.47. The van der Waals surface area contributed by atoms with Crippen LogP contribution in [0.3, 0.4) is 0 Å². The van der Waals surface area contributed by atoms with E-state index in [0.29, 0.717) is 12.0 Å². The second-order valence-corrected chi connectivity index (χ2v) is 4.48. The number of hydrogen-bond donors (Lipinski definition) is 0. The Morgan fingerprint density at radius 1 is 1.00 bits per heavy atom. The molecule has 0 radical (unpaired) electrons. The summed E-state index contributed by atoms with van der Waals surface area (Å²) in [7, 11) is 1.59. The Bertz CT molecular complexity index is 505. The largest absolute Gasteiger partial charge is 0.373 e. The number of ether oxygens (including phenoxy) is 1. The standard InChI is InChI=1S/C17H18O2/c1-19-16(13-12-14-8-4-2-5-9-14)17(18)15-10-6-3-7-11-15/h2-11,16H,12-13H2,1H3. The molecule has 2 nitrogen and oxygen atoms in total. The Morgan fingerprint density at radius 2 is 1.58 bits per heavy atom. The van der Waals surface area contributed by atoms with Crippen LogP contribution in [0.15, 0.2) is 60.7 Å². The molecule has 0 aliphatic heterocycles. The van der Waals surface area contributed by atoms with Gasteiger partial charge >= 0.3 is 0 Å². The predicted molar refractivity (Wildman–Crippen MR) is 76.3 cm³/mol. The average Bonchev–Trinajstić information content (AvgIpc) is 2.49. The van der Waals surface area contributed by atoms with Gasteiger partial charge in [-0.05, 0) is 18.4 Å². The summed E-state index contributed by atoms with van der Waals surface area (Å²) in [6, 6.07) is 19.5. The van der Waals surface area contributed by atoms with Crippen molar-refractivity contribution in [2.75, 3.05) is 7.11 Å². The fourth-order valence-electron chi connectivity index (χ4n) is 2.09. The maximum Gasteiger partial charge on any atom is 0.191 e. The zero-order valence-electron chi connectivity index (χ0n) is 11.1. The lowest BCUT2D eigenvalue weighted by Crippen LogP contribution is -2.23. The Balaban J connectivity index is 1.99. The molecule has 0 saturated heterocycles. The van der Waals surface area contributed by atoms with Crippen LogP contribution < -0.4 is 0 Å². The van der Waals surface area contributed by atoms with Gasteiger partial charge in [0.15, 0.2) is 5.78 Å². The van der Waals surface area contributed by atoms with Gasteiger partial charge in [-0.25, -0.2) is 0 Å². The number of carbonyl (C=O) groups excluding carboxylic acids is 1. The van der Waals surface area contributed by atoms with Crippen molar-refractivity contribution >= 4 is 5.78 Å². The van der Waals surface area contributed by atoms with Crippen LogP contribution in [0.1, 0.15) is 22.3 Å². The van der Waals surface area contributed by atoms with Gasteiger partial charge in [0, 0.05) is 12.7 Å². The molecule has 1 atom stereocenters. The van der Waals surface area contributed by atoms with Crippen LogP contribution in [0.5, 0.6) is 0 Å². The van der Waals surface area contributed by atoms with Crippen LogP contribution in [-0.4, -0.2) is 19.0 Å². The molecule has 0 N–H and O–H groups in total. The Kier molecular flexibility index (Phi) is 4.87. The normalized spacial score (nSPS) is 12.1. The molecule has 19 heavy (non-hydrogen) atoms. The molecular formula is C17H18O2. The number of carbonyl (C=O) groups is 1. The molecule has 2 aromatic carbocycles. The topological polar surface area (TPSA) is 26.3 Å². The first kappa shape index (κ1) is 13.5. The van der Waals surface area contributed by atoms with Crippen molar-refractivity contribution in [2.45, 2.75) is 18.9 Å². The summed E-state index contributed by atoms with van der Waals surface area (Å²) in [4.78, 5) is 12.3. The number of benzene rings is 2. The summed E-state index contributed by atoms with van der Waals surface area (Å²) in [6.07, 6.45) is 1.18. The minimum absolute atomic E-state index is 0.0547. The highest BCUT2D eigenvalue weighted by atomic mass is 16.5. The van der Waals surface area contributed by atoms with Gasteiger partial charge in [0.1, 0.15) is 6.10 Å². The predicted octanol–water partition coefficient (Wildman–Crippen LogP) is 3.52. The molecule has 0 bridgehead atoms. The highest BCUT2D eigenvalue weighted by Crippen LogP contribution is 2.12. The number of ketones is 1. The van der Waals surface area contributed by atoms with Crippen molar-refractivity contribution in [1.29, 1.82) is 0 Å². The summed E-state index contributed by atoms with van der Waals surface area (Å²) in [5.74, 6) is 0.0547. The summed E-state index contributed by atoms with van der Waals surface area (Å²) in [5, 5.41) is 0. The molecule has 0 amide bonds. The van der Waals surface area contributed by atoms with Gasteiger partial charge in [-0.1, -0.05) is 60.7 Å². The zero-order chi connectivity index (χ0) is 13.5. The smallest absolute Gasteiger partial charge is 0.191 e. The van der Waals surface area contributed by atoms with E-state index >= 15 is 0 Å². The van der Waals surface area contributed by atoms with Gasteiger partial charge in [0.2, 0.25) is 0 Å². The van der Waals surface area contributed by atoms with E-state index in [1.54, 1.807) is 7.11 Å². The van der Waals surface area contributed by atoms with Crippen molar-refractivity contribution in [3.8, 4) is 0 Å². The average molecular weight is 254 g/mol. The van der Waals surface area contributed by atoms with Gasteiger partial charge in [-0.2, -0.15) is 0 Å². The van der Waals surface area contributed by atoms with Crippen molar-refractivity contribution in [1.82, 2.24) is 0 Å². The van der Waals surface area contributed by atoms with Gasteiger partial charge < -0.3 is 4.74 Å². The molecule has 0 spiro atoms. The Morgan fingerprint density at radius 3 is 2.16 bits per heavy atom. The van der Waals surface area contributed by atoms with Crippen LogP contribution in [0.25, 0.3) is 0 Å². The zero-order valence-corrected chi connectivity index (χ0v) is 11.1. The third-order valence-corrected chi connectivity index (χ3v) is 3.17. The van der Waals surface area contributed by atoms with E-state index in [2.05, 4.69) is 12.1 Å². The maximum atomic E-state index is 12.3.